The van der Waals surface area contributed by atoms with Crippen LogP contribution in [0.15, 0.2) is 60.3 Å². The largest absolute Gasteiger partial charge is 0.347 e. The summed E-state index contributed by atoms with van der Waals surface area (Å²) >= 11 is 0. The average Bonchev–Trinajstić information content (AvgIpc) is 3.04. The van der Waals surface area contributed by atoms with Crippen molar-refractivity contribution in [1.82, 2.24) is 9.88 Å². The molecule has 1 saturated heterocycles. The molecule has 1 aliphatic rings. The van der Waals surface area contributed by atoms with E-state index in [0.717, 1.165) is 33.5 Å². The highest BCUT2D eigenvalue weighted by Gasteiger charge is 2.37. The van der Waals surface area contributed by atoms with E-state index in [-0.39, 0.29) is 5.57 Å². The maximum absolute atomic E-state index is 13.1. The SMILES string of the molecule is CCn1cc(C=C2C(=O)NC(=O)N(c3ccccc3C)C2=O)c2ccccc21. The smallest absolute Gasteiger partial charge is 0.335 e. The van der Waals surface area contributed by atoms with E-state index in [0.29, 0.717) is 5.69 Å². The second-order valence-corrected chi connectivity index (χ2v) is 6.63. The number of amides is 4. The van der Waals surface area contributed by atoms with Crippen LogP contribution in [0.25, 0.3) is 17.0 Å². The van der Waals surface area contributed by atoms with Crippen molar-refractivity contribution in [1.29, 1.82) is 0 Å². The minimum absolute atomic E-state index is 0.0677. The highest BCUT2D eigenvalue weighted by Crippen LogP contribution is 2.27. The summed E-state index contributed by atoms with van der Waals surface area (Å²) in [6, 6.07) is 14.1. The second kappa shape index (κ2) is 6.81. The van der Waals surface area contributed by atoms with Crippen LogP contribution in [0.3, 0.4) is 0 Å². The summed E-state index contributed by atoms with van der Waals surface area (Å²) in [4.78, 5) is 38.9. The Morgan fingerprint density at radius 2 is 1.71 bits per heavy atom. The predicted molar refractivity (Wildman–Crippen MR) is 108 cm³/mol. The zero-order chi connectivity index (χ0) is 19.8. The van der Waals surface area contributed by atoms with E-state index in [9.17, 15) is 14.4 Å². The monoisotopic (exact) mass is 373 g/mol. The Hall–Kier alpha value is -3.67. The molecule has 0 spiro atoms. The van der Waals surface area contributed by atoms with Crippen LogP contribution in [0, 0.1) is 6.92 Å². The van der Waals surface area contributed by atoms with Crippen molar-refractivity contribution in [2.24, 2.45) is 0 Å². The fourth-order valence-electron chi connectivity index (χ4n) is 3.50. The Morgan fingerprint density at radius 1 is 1.00 bits per heavy atom. The van der Waals surface area contributed by atoms with Gasteiger partial charge in [0.25, 0.3) is 11.8 Å². The molecule has 28 heavy (non-hydrogen) atoms. The van der Waals surface area contributed by atoms with Crippen molar-refractivity contribution in [2.75, 3.05) is 4.90 Å². The summed E-state index contributed by atoms with van der Waals surface area (Å²) in [5.41, 5.74) is 2.94. The summed E-state index contributed by atoms with van der Waals surface area (Å²) in [6.45, 7) is 4.60. The molecule has 1 aromatic heterocycles. The number of carbonyl (C=O) groups excluding carboxylic acids is 3. The summed E-state index contributed by atoms with van der Waals surface area (Å²) < 4.78 is 2.05. The molecule has 3 aromatic rings. The number of nitrogens with zero attached hydrogens (tertiary/aromatic N) is 2. The molecule has 0 atom stereocenters. The zero-order valence-corrected chi connectivity index (χ0v) is 15.6. The van der Waals surface area contributed by atoms with Gasteiger partial charge in [-0.15, -0.1) is 0 Å². The first-order valence-electron chi connectivity index (χ1n) is 9.06. The number of urea groups is 1. The number of hydrogen-bond donors (Lipinski definition) is 1. The number of nitrogens with one attached hydrogen (secondary N) is 1. The molecule has 1 aliphatic heterocycles. The molecule has 1 fully saturated rings. The lowest BCUT2D eigenvalue weighted by Crippen LogP contribution is -2.54. The van der Waals surface area contributed by atoms with Crippen LogP contribution < -0.4 is 10.2 Å². The van der Waals surface area contributed by atoms with Crippen molar-refractivity contribution in [3.8, 4) is 0 Å². The Bertz CT molecular complexity index is 1160. The number of fused-ring (bicyclic) bond motifs is 1. The number of hydrogen-bond acceptors (Lipinski definition) is 3. The number of benzene rings is 2. The summed E-state index contributed by atoms with van der Waals surface area (Å²) in [6.07, 6.45) is 3.47. The minimum Gasteiger partial charge on any atom is -0.347 e. The number of carbonyl (C=O) groups is 3. The second-order valence-electron chi connectivity index (χ2n) is 6.63. The Balaban J connectivity index is 1.83. The first-order valence-corrected chi connectivity index (χ1v) is 9.06. The third kappa shape index (κ3) is 2.79. The highest BCUT2D eigenvalue weighted by atomic mass is 16.2. The Kier molecular flexibility index (Phi) is 4.31. The van der Waals surface area contributed by atoms with Gasteiger partial charge in [0.2, 0.25) is 0 Å². The van der Waals surface area contributed by atoms with Gasteiger partial charge in [-0.2, -0.15) is 0 Å². The van der Waals surface area contributed by atoms with Crippen molar-refractivity contribution in [3.05, 3.63) is 71.4 Å². The van der Waals surface area contributed by atoms with Crippen LogP contribution >= 0.6 is 0 Å². The van der Waals surface area contributed by atoms with Gasteiger partial charge in [0.15, 0.2) is 0 Å². The molecule has 1 N–H and O–H groups in total. The molecule has 4 amide bonds. The molecule has 2 aromatic carbocycles. The maximum atomic E-state index is 13.1. The third-order valence-corrected chi connectivity index (χ3v) is 4.92. The van der Waals surface area contributed by atoms with E-state index in [1.807, 2.05) is 56.4 Å². The van der Waals surface area contributed by atoms with Gasteiger partial charge in [-0.1, -0.05) is 36.4 Å². The lowest BCUT2D eigenvalue weighted by atomic mass is 10.1. The maximum Gasteiger partial charge on any atom is 0.335 e. The van der Waals surface area contributed by atoms with E-state index in [1.165, 1.54) is 0 Å². The van der Waals surface area contributed by atoms with Gasteiger partial charge >= 0.3 is 6.03 Å². The molecule has 0 unspecified atom stereocenters. The molecule has 0 saturated carbocycles. The quantitative estimate of drug-likeness (QED) is 0.563. The number of barbiturate groups is 1. The topological polar surface area (TPSA) is 71.4 Å². The molecule has 140 valence electrons. The molecule has 2 heterocycles. The van der Waals surface area contributed by atoms with Gasteiger partial charge in [-0.05, 0) is 37.6 Å². The summed E-state index contributed by atoms with van der Waals surface area (Å²) in [5.74, 6) is -1.32. The average molecular weight is 373 g/mol. The lowest BCUT2D eigenvalue weighted by molar-refractivity contribution is -0.122. The Morgan fingerprint density at radius 3 is 2.46 bits per heavy atom. The predicted octanol–water partition coefficient (Wildman–Crippen LogP) is 3.64. The third-order valence-electron chi connectivity index (χ3n) is 4.92. The van der Waals surface area contributed by atoms with Crippen LogP contribution in [0.1, 0.15) is 18.1 Å². The molecule has 0 aliphatic carbocycles. The number of rotatable bonds is 3. The Labute approximate surface area is 162 Å². The standard InChI is InChI=1S/C22H19N3O3/c1-3-24-13-15(16-9-5-7-11-19(16)24)12-17-20(26)23-22(28)25(21(17)27)18-10-6-4-8-14(18)2/h4-13H,3H2,1-2H3,(H,23,26,28). The first-order chi connectivity index (χ1) is 13.5. The molecule has 6 heteroatoms. The molecule has 4 rings (SSSR count). The fourth-order valence-corrected chi connectivity index (χ4v) is 3.50. The molecule has 0 bridgehead atoms. The number of para-hydroxylation sites is 2. The molecular weight excluding hydrogens is 354 g/mol. The van der Waals surface area contributed by atoms with Gasteiger partial charge in [0, 0.05) is 29.2 Å². The minimum atomic E-state index is -0.738. The number of imide groups is 2. The number of aryl methyl sites for hydroxylation is 2. The van der Waals surface area contributed by atoms with Crippen molar-refractivity contribution >= 4 is 40.5 Å². The van der Waals surface area contributed by atoms with Crippen LogP contribution in [0.4, 0.5) is 10.5 Å². The molecule has 6 nitrogen and oxygen atoms in total. The van der Waals surface area contributed by atoms with E-state index in [4.69, 9.17) is 0 Å². The molecular formula is C22H19N3O3. The molecule has 0 radical (unpaired) electrons. The van der Waals surface area contributed by atoms with Crippen molar-refractivity contribution in [3.63, 3.8) is 0 Å². The van der Waals surface area contributed by atoms with Gasteiger partial charge in [0.1, 0.15) is 5.57 Å². The number of aromatic nitrogens is 1. The van der Waals surface area contributed by atoms with Gasteiger partial charge < -0.3 is 4.57 Å². The van der Waals surface area contributed by atoms with Crippen molar-refractivity contribution < 1.29 is 14.4 Å². The summed E-state index contributed by atoms with van der Waals surface area (Å²) in [7, 11) is 0. The fraction of sp³-hybridized carbons (Fsp3) is 0.136. The first kappa shape index (κ1) is 17.7. The number of anilines is 1. The van der Waals surface area contributed by atoms with Crippen LogP contribution in [0.5, 0.6) is 0 Å². The van der Waals surface area contributed by atoms with E-state index >= 15 is 0 Å². The van der Waals surface area contributed by atoms with Crippen LogP contribution in [0.2, 0.25) is 0 Å². The van der Waals surface area contributed by atoms with E-state index < -0.39 is 17.8 Å². The van der Waals surface area contributed by atoms with Gasteiger partial charge in [-0.3, -0.25) is 14.9 Å². The summed E-state index contributed by atoms with van der Waals surface area (Å²) in [5, 5.41) is 3.22. The van der Waals surface area contributed by atoms with E-state index in [1.54, 1.807) is 18.2 Å². The van der Waals surface area contributed by atoms with E-state index in [2.05, 4.69) is 9.88 Å². The van der Waals surface area contributed by atoms with Crippen molar-refractivity contribution in [2.45, 2.75) is 20.4 Å². The lowest BCUT2D eigenvalue weighted by Gasteiger charge is -2.27. The zero-order valence-electron chi connectivity index (χ0n) is 15.6. The van der Waals surface area contributed by atoms with Crippen LogP contribution in [-0.2, 0) is 16.1 Å². The van der Waals surface area contributed by atoms with Gasteiger partial charge in [0.05, 0.1) is 5.69 Å². The normalized spacial score (nSPS) is 16.1. The highest BCUT2D eigenvalue weighted by molar-refractivity contribution is 6.39. The van der Waals surface area contributed by atoms with Gasteiger partial charge in [-0.25, -0.2) is 9.69 Å². The van der Waals surface area contributed by atoms with Crippen LogP contribution in [-0.4, -0.2) is 22.4 Å².